The lowest BCUT2D eigenvalue weighted by molar-refractivity contribution is -0.137. The van der Waals surface area contributed by atoms with Crippen molar-refractivity contribution in [3.05, 3.63) is 66.2 Å². The van der Waals surface area contributed by atoms with Crippen LogP contribution in [0.2, 0.25) is 0 Å². The molecule has 0 bridgehead atoms. The lowest BCUT2D eigenvalue weighted by atomic mass is 10.1. The van der Waals surface area contributed by atoms with Gasteiger partial charge in [0, 0.05) is 11.8 Å². The van der Waals surface area contributed by atoms with Crippen molar-refractivity contribution >= 4 is 17.4 Å². The van der Waals surface area contributed by atoms with Crippen LogP contribution in [0.4, 0.5) is 5.69 Å². The summed E-state index contributed by atoms with van der Waals surface area (Å²) >= 11 is 0. The van der Waals surface area contributed by atoms with E-state index in [2.05, 4.69) is 5.32 Å². The maximum atomic E-state index is 11.8. The molecular weight excluding hydrogens is 278 g/mol. The number of nitrogens with one attached hydrogen (secondary N) is 1. The van der Waals surface area contributed by atoms with Gasteiger partial charge in [-0.05, 0) is 48.9 Å². The molecule has 2 aromatic rings. The summed E-state index contributed by atoms with van der Waals surface area (Å²) in [5, 5.41) is 3.24. The van der Waals surface area contributed by atoms with Crippen LogP contribution >= 0.6 is 0 Å². The van der Waals surface area contributed by atoms with E-state index in [1.165, 1.54) is 6.08 Å². The Morgan fingerprint density at radius 2 is 1.77 bits per heavy atom. The third-order valence-corrected chi connectivity index (χ3v) is 3.00. The predicted octanol–water partition coefficient (Wildman–Crippen LogP) is 3.71. The molecule has 114 valence electrons. The number of rotatable bonds is 6. The maximum absolute atomic E-state index is 11.8. The first kappa shape index (κ1) is 15.6. The summed E-state index contributed by atoms with van der Waals surface area (Å²) in [6.45, 7) is 2.12. The second-order valence-corrected chi connectivity index (χ2v) is 4.53. The van der Waals surface area contributed by atoms with E-state index in [0.717, 1.165) is 17.0 Å². The van der Waals surface area contributed by atoms with Gasteiger partial charge in [-0.25, -0.2) is 4.79 Å². The van der Waals surface area contributed by atoms with Crippen molar-refractivity contribution in [3.63, 3.8) is 0 Å². The van der Waals surface area contributed by atoms with Crippen LogP contribution in [0.3, 0.4) is 0 Å². The van der Waals surface area contributed by atoms with Crippen LogP contribution < -0.4 is 10.1 Å². The highest BCUT2D eigenvalue weighted by molar-refractivity contribution is 5.94. The van der Waals surface area contributed by atoms with Crippen molar-refractivity contribution in [1.29, 1.82) is 0 Å². The van der Waals surface area contributed by atoms with E-state index < -0.39 is 0 Å². The van der Waals surface area contributed by atoms with Crippen molar-refractivity contribution in [3.8, 4) is 5.75 Å². The van der Waals surface area contributed by atoms with Gasteiger partial charge in [0.1, 0.15) is 5.75 Å². The van der Waals surface area contributed by atoms with E-state index in [1.54, 1.807) is 14.0 Å². The highest BCUT2D eigenvalue weighted by atomic mass is 16.5. The molecule has 0 fully saturated rings. The summed E-state index contributed by atoms with van der Waals surface area (Å²) in [4.78, 5) is 11.8. The van der Waals surface area contributed by atoms with Crippen molar-refractivity contribution < 1.29 is 14.3 Å². The highest BCUT2D eigenvalue weighted by Gasteiger charge is 2.07. The first-order chi connectivity index (χ1) is 10.7. The first-order valence-corrected chi connectivity index (χ1v) is 7.08. The molecule has 2 rings (SSSR count). The molecule has 0 aliphatic carbocycles. The van der Waals surface area contributed by atoms with Crippen molar-refractivity contribution in [2.75, 3.05) is 19.0 Å². The molecule has 2 aromatic carbocycles. The summed E-state index contributed by atoms with van der Waals surface area (Å²) < 4.78 is 10.2. The molecule has 0 atom stereocenters. The summed E-state index contributed by atoms with van der Waals surface area (Å²) in [5.74, 6) is 0.385. The third-order valence-electron chi connectivity index (χ3n) is 3.00. The fraction of sp³-hybridized carbons (Fsp3) is 0.167. The van der Waals surface area contributed by atoms with Crippen LogP contribution in [0.5, 0.6) is 5.75 Å². The third kappa shape index (κ3) is 4.38. The molecule has 0 aliphatic rings. The molecule has 4 heteroatoms. The molecule has 22 heavy (non-hydrogen) atoms. The Kier molecular flexibility index (Phi) is 5.60. The van der Waals surface area contributed by atoms with Gasteiger partial charge in [-0.1, -0.05) is 18.2 Å². The van der Waals surface area contributed by atoms with Crippen LogP contribution in [0.15, 0.2) is 60.7 Å². The molecule has 4 nitrogen and oxygen atoms in total. The Labute approximate surface area is 130 Å². The predicted molar refractivity (Wildman–Crippen MR) is 87.7 cm³/mol. The van der Waals surface area contributed by atoms with Crippen LogP contribution in [-0.4, -0.2) is 19.7 Å². The quantitative estimate of drug-likeness (QED) is 0.652. The molecule has 1 N–H and O–H groups in total. The van der Waals surface area contributed by atoms with E-state index in [4.69, 9.17) is 9.47 Å². The number of carbonyl (C=O) groups is 1. The van der Waals surface area contributed by atoms with Gasteiger partial charge in [0.2, 0.25) is 0 Å². The average Bonchev–Trinajstić information content (AvgIpc) is 2.55. The number of ether oxygens (including phenoxy) is 2. The van der Waals surface area contributed by atoms with Gasteiger partial charge < -0.3 is 14.8 Å². The van der Waals surface area contributed by atoms with Gasteiger partial charge in [0.25, 0.3) is 0 Å². The molecule has 0 unspecified atom stereocenters. The van der Waals surface area contributed by atoms with Crippen molar-refractivity contribution in [2.24, 2.45) is 0 Å². The van der Waals surface area contributed by atoms with Crippen LogP contribution in [0.25, 0.3) is 5.70 Å². The number of hydrogen-bond acceptors (Lipinski definition) is 4. The SMILES string of the molecule is CCOC(=O)/C=C(/Nc1ccccc1)c1ccc(OC)cc1. The number of carbonyl (C=O) groups excluding carboxylic acids is 1. The zero-order chi connectivity index (χ0) is 15.8. The minimum Gasteiger partial charge on any atom is -0.497 e. The Morgan fingerprint density at radius 3 is 2.36 bits per heavy atom. The maximum Gasteiger partial charge on any atom is 0.332 e. The van der Waals surface area contributed by atoms with Gasteiger partial charge in [0.15, 0.2) is 0 Å². The summed E-state index contributed by atoms with van der Waals surface area (Å²) in [6, 6.07) is 17.1. The lowest BCUT2D eigenvalue weighted by Gasteiger charge is -2.12. The topological polar surface area (TPSA) is 47.6 Å². The van der Waals surface area contributed by atoms with Crippen LogP contribution in [0, 0.1) is 0 Å². The number of methoxy groups -OCH3 is 1. The fourth-order valence-corrected chi connectivity index (χ4v) is 1.94. The fourth-order valence-electron chi connectivity index (χ4n) is 1.94. The average molecular weight is 297 g/mol. The van der Waals surface area contributed by atoms with Crippen molar-refractivity contribution in [2.45, 2.75) is 6.92 Å². The molecule has 0 saturated heterocycles. The number of hydrogen-bond donors (Lipinski definition) is 1. The Morgan fingerprint density at radius 1 is 1.09 bits per heavy atom. The van der Waals surface area contributed by atoms with Crippen LogP contribution in [0.1, 0.15) is 12.5 Å². The van der Waals surface area contributed by atoms with Gasteiger partial charge in [-0.15, -0.1) is 0 Å². The summed E-state index contributed by atoms with van der Waals surface area (Å²) in [5.41, 5.74) is 2.44. The largest absolute Gasteiger partial charge is 0.497 e. The monoisotopic (exact) mass is 297 g/mol. The van der Waals surface area contributed by atoms with E-state index in [1.807, 2.05) is 54.6 Å². The zero-order valence-corrected chi connectivity index (χ0v) is 12.7. The minimum atomic E-state index is -0.378. The standard InChI is InChI=1S/C18H19NO3/c1-3-22-18(20)13-17(19-15-7-5-4-6-8-15)14-9-11-16(21-2)12-10-14/h4-13,19H,3H2,1-2H3/b17-13+. The minimum absolute atomic E-state index is 0.344. The lowest BCUT2D eigenvalue weighted by Crippen LogP contribution is -2.06. The van der Waals surface area contributed by atoms with E-state index in [-0.39, 0.29) is 5.97 Å². The molecule has 0 heterocycles. The number of para-hydroxylation sites is 1. The highest BCUT2D eigenvalue weighted by Crippen LogP contribution is 2.21. The smallest absolute Gasteiger partial charge is 0.332 e. The van der Waals surface area contributed by atoms with E-state index >= 15 is 0 Å². The number of benzene rings is 2. The molecule has 0 amide bonds. The molecule has 0 saturated carbocycles. The van der Waals surface area contributed by atoms with Gasteiger partial charge in [0.05, 0.1) is 19.4 Å². The molecule has 0 aromatic heterocycles. The van der Waals surface area contributed by atoms with E-state index in [0.29, 0.717) is 12.3 Å². The normalized spacial score (nSPS) is 10.9. The van der Waals surface area contributed by atoms with Gasteiger partial charge >= 0.3 is 5.97 Å². The second-order valence-electron chi connectivity index (χ2n) is 4.53. The molecule has 0 radical (unpaired) electrons. The Balaban J connectivity index is 2.29. The first-order valence-electron chi connectivity index (χ1n) is 7.08. The summed E-state index contributed by atoms with van der Waals surface area (Å²) in [6.07, 6.45) is 1.46. The van der Waals surface area contributed by atoms with E-state index in [9.17, 15) is 4.79 Å². The number of esters is 1. The van der Waals surface area contributed by atoms with Crippen molar-refractivity contribution in [1.82, 2.24) is 0 Å². The summed E-state index contributed by atoms with van der Waals surface area (Å²) in [7, 11) is 1.62. The van der Waals surface area contributed by atoms with Crippen LogP contribution in [-0.2, 0) is 9.53 Å². The molecular formula is C18H19NO3. The van der Waals surface area contributed by atoms with Gasteiger partial charge in [-0.2, -0.15) is 0 Å². The zero-order valence-electron chi connectivity index (χ0n) is 12.7. The second kappa shape index (κ2) is 7.88. The molecule has 0 aliphatic heterocycles. The Hall–Kier alpha value is -2.75. The molecule has 0 spiro atoms. The van der Waals surface area contributed by atoms with Gasteiger partial charge in [-0.3, -0.25) is 0 Å². The number of anilines is 1. The Bertz CT molecular complexity index is 633.